The minimum atomic E-state index is -0.584. The van der Waals surface area contributed by atoms with E-state index in [4.69, 9.17) is 11.6 Å². The summed E-state index contributed by atoms with van der Waals surface area (Å²) in [6, 6.07) is 9.47. The summed E-state index contributed by atoms with van der Waals surface area (Å²) in [7, 11) is 0. The molecule has 0 bridgehead atoms. The fourth-order valence-electron chi connectivity index (χ4n) is 2.20. The van der Waals surface area contributed by atoms with Crippen molar-refractivity contribution in [2.75, 3.05) is 10.6 Å². The molecular formula is C19H18ClN3O4. The van der Waals surface area contributed by atoms with Crippen LogP contribution in [-0.4, -0.2) is 16.7 Å². The van der Waals surface area contributed by atoms with Gasteiger partial charge in [-0.25, -0.2) is 0 Å². The summed E-state index contributed by atoms with van der Waals surface area (Å²) in [4.78, 5) is 34.0. The number of hydrogen-bond donors (Lipinski definition) is 2. The van der Waals surface area contributed by atoms with Gasteiger partial charge in [-0.15, -0.1) is 0 Å². The lowest BCUT2D eigenvalue weighted by molar-refractivity contribution is -0.384. The summed E-state index contributed by atoms with van der Waals surface area (Å²) >= 11 is 5.76. The molecule has 27 heavy (non-hydrogen) atoms. The Bertz CT molecular complexity index is 925. The lowest BCUT2D eigenvalue weighted by Gasteiger charge is -2.10. The first-order valence-electron chi connectivity index (χ1n) is 8.13. The van der Waals surface area contributed by atoms with Crippen LogP contribution >= 0.6 is 11.6 Å². The number of hydrogen-bond acceptors (Lipinski definition) is 4. The Balaban J connectivity index is 2.12. The van der Waals surface area contributed by atoms with Gasteiger partial charge in [0.1, 0.15) is 5.02 Å². The zero-order valence-corrected chi connectivity index (χ0v) is 15.5. The predicted octanol–water partition coefficient (Wildman–Crippen LogP) is 4.56. The second-order valence-electron chi connectivity index (χ2n) is 5.72. The smallest absolute Gasteiger partial charge is 0.288 e. The Labute approximate surface area is 161 Å². The van der Waals surface area contributed by atoms with Crippen LogP contribution in [0.4, 0.5) is 17.1 Å². The number of nitrogens with zero attached hydrogens (tertiary/aromatic N) is 1. The molecule has 0 aliphatic heterocycles. The number of carbonyl (C=O) groups excluding carboxylic acids is 2. The van der Waals surface area contributed by atoms with Crippen LogP contribution in [0.3, 0.4) is 0 Å². The molecule has 140 valence electrons. The van der Waals surface area contributed by atoms with Crippen LogP contribution in [0.1, 0.15) is 24.5 Å². The Kier molecular flexibility index (Phi) is 6.67. The van der Waals surface area contributed by atoms with Gasteiger partial charge in [-0.05, 0) is 42.3 Å². The fourth-order valence-corrected chi connectivity index (χ4v) is 2.39. The third kappa shape index (κ3) is 5.65. The van der Waals surface area contributed by atoms with Crippen molar-refractivity contribution in [1.82, 2.24) is 0 Å². The van der Waals surface area contributed by atoms with Gasteiger partial charge in [0.25, 0.3) is 5.69 Å². The van der Waals surface area contributed by atoms with Crippen LogP contribution in [0, 0.1) is 17.0 Å². The summed E-state index contributed by atoms with van der Waals surface area (Å²) in [5.41, 5.74) is 2.21. The molecule has 8 heteroatoms. The number of benzene rings is 2. The molecule has 0 saturated carbocycles. The van der Waals surface area contributed by atoms with E-state index in [0.29, 0.717) is 23.4 Å². The number of rotatable bonds is 6. The van der Waals surface area contributed by atoms with E-state index < -0.39 is 10.8 Å². The molecule has 0 aromatic heterocycles. The molecule has 2 amide bonds. The summed E-state index contributed by atoms with van der Waals surface area (Å²) in [5.74, 6) is -0.532. The fraction of sp³-hybridized carbons (Fsp3) is 0.158. The largest absolute Gasteiger partial charge is 0.326 e. The lowest BCUT2D eigenvalue weighted by Crippen LogP contribution is -2.12. The Morgan fingerprint density at radius 1 is 1.19 bits per heavy atom. The second-order valence-corrected chi connectivity index (χ2v) is 6.13. The van der Waals surface area contributed by atoms with Gasteiger partial charge < -0.3 is 10.6 Å². The molecule has 2 rings (SSSR count). The number of nitrogens with one attached hydrogen (secondary N) is 2. The van der Waals surface area contributed by atoms with Crippen molar-refractivity contribution in [3.05, 3.63) is 68.7 Å². The first kappa shape index (κ1) is 20.1. The van der Waals surface area contributed by atoms with E-state index in [0.717, 1.165) is 5.56 Å². The molecule has 2 aromatic carbocycles. The average molecular weight is 388 g/mol. The maximum atomic E-state index is 12.2. The second kappa shape index (κ2) is 8.95. The minimum Gasteiger partial charge on any atom is -0.326 e. The van der Waals surface area contributed by atoms with E-state index in [-0.39, 0.29) is 16.6 Å². The SMILES string of the molecule is CCC(=O)Nc1ccc(C)c(NC(=O)C=Cc2ccc(Cl)c([N+](=O)[O-])c2)c1. The first-order valence-corrected chi connectivity index (χ1v) is 8.51. The van der Waals surface area contributed by atoms with E-state index in [1.807, 2.05) is 6.92 Å². The van der Waals surface area contributed by atoms with Crippen molar-refractivity contribution in [2.45, 2.75) is 20.3 Å². The number of nitro groups is 1. The molecule has 0 aliphatic carbocycles. The molecule has 0 fully saturated rings. The number of amides is 2. The molecule has 0 aliphatic rings. The van der Waals surface area contributed by atoms with Crippen molar-refractivity contribution >= 4 is 46.6 Å². The predicted molar refractivity (Wildman–Crippen MR) is 106 cm³/mol. The first-order chi connectivity index (χ1) is 12.8. The van der Waals surface area contributed by atoms with Crippen molar-refractivity contribution in [2.24, 2.45) is 0 Å². The number of carbonyl (C=O) groups is 2. The van der Waals surface area contributed by atoms with E-state index in [9.17, 15) is 19.7 Å². The summed E-state index contributed by atoms with van der Waals surface area (Å²) in [6.07, 6.45) is 3.08. The zero-order valence-electron chi connectivity index (χ0n) is 14.8. The van der Waals surface area contributed by atoms with Gasteiger partial charge in [0, 0.05) is 29.9 Å². The van der Waals surface area contributed by atoms with Crippen molar-refractivity contribution in [3.8, 4) is 0 Å². The number of nitro benzene ring substituents is 1. The van der Waals surface area contributed by atoms with Crippen molar-refractivity contribution in [3.63, 3.8) is 0 Å². The number of aryl methyl sites for hydroxylation is 1. The van der Waals surface area contributed by atoms with E-state index in [1.54, 1.807) is 31.2 Å². The molecule has 2 N–H and O–H groups in total. The van der Waals surface area contributed by atoms with Crippen LogP contribution in [0.25, 0.3) is 6.08 Å². The van der Waals surface area contributed by atoms with Gasteiger partial charge in [0.15, 0.2) is 0 Å². The standard InChI is InChI=1S/C19H18ClN3O4/c1-3-18(24)21-14-7-4-12(2)16(11-14)22-19(25)9-6-13-5-8-15(20)17(10-13)23(26)27/h4-11H,3H2,1-2H3,(H,21,24)(H,22,25). The highest BCUT2D eigenvalue weighted by molar-refractivity contribution is 6.32. The Morgan fingerprint density at radius 2 is 1.93 bits per heavy atom. The zero-order chi connectivity index (χ0) is 20.0. The number of halogens is 1. The molecule has 0 spiro atoms. The quantitative estimate of drug-likeness (QED) is 0.431. The van der Waals surface area contributed by atoms with Crippen LogP contribution in [0.15, 0.2) is 42.5 Å². The maximum Gasteiger partial charge on any atom is 0.288 e. The monoisotopic (exact) mass is 387 g/mol. The summed E-state index contributed by atoms with van der Waals surface area (Å²) < 4.78 is 0. The van der Waals surface area contributed by atoms with Gasteiger partial charge in [-0.3, -0.25) is 19.7 Å². The third-order valence-electron chi connectivity index (χ3n) is 3.69. The highest BCUT2D eigenvalue weighted by Crippen LogP contribution is 2.25. The van der Waals surface area contributed by atoms with Gasteiger partial charge in [-0.2, -0.15) is 0 Å². The van der Waals surface area contributed by atoms with Gasteiger partial charge in [-0.1, -0.05) is 30.7 Å². The van der Waals surface area contributed by atoms with Crippen LogP contribution in [0.2, 0.25) is 5.02 Å². The van der Waals surface area contributed by atoms with Crippen LogP contribution in [0.5, 0.6) is 0 Å². The number of anilines is 2. The Morgan fingerprint density at radius 3 is 2.59 bits per heavy atom. The van der Waals surface area contributed by atoms with E-state index >= 15 is 0 Å². The van der Waals surface area contributed by atoms with Crippen molar-refractivity contribution < 1.29 is 14.5 Å². The molecule has 2 aromatic rings. The summed E-state index contributed by atoms with van der Waals surface area (Å²) in [5, 5.41) is 16.4. The van der Waals surface area contributed by atoms with Gasteiger partial charge in [0.05, 0.1) is 4.92 Å². The molecule has 7 nitrogen and oxygen atoms in total. The van der Waals surface area contributed by atoms with Crippen LogP contribution in [-0.2, 0) is 9.59 Å². The van der Waals surface area contributed by atoms with E-state index in [1.165, 1.54) is 24.3 Å². The highest BCUT2D eigenvalue weighted by Gasteiger charge is 2.12. The highest BCUT2D eigenvalue weighted by atomic mass is 35.5. The molecule has 0 atom stereocenters. The third-order valence-corrected chi connectivity index (χ3v) is 4.01. The molecule has 0 unspecified atom stereocenters. The lowest BCUT2D eigenvalue weighted by atomic mass is 10.1. The summed E-state index contributed by atoms with van der Waals surface area (Å²) in [6.45, 7) is 3.57. The minimum absolute atomic E-state index is 0.0307. The Hall–Kier alpha value is -3.19. The average Bonchev–Trinajstić information content (AvgIpc) is 2.63. The topological polar surface area (TPSA) is 101 Å². The normalized spacial score (nSPS) is 10.6. The van der Waals surface area contributed by atoms with Gasteiger partial charge in [0.2, 0.25) is 11.8 Å². The van der Waals surface area contributed by atoms with Crippen LogP contribution < -0.4 is 10.6 Å². The van der Waals surface area contributed by atoms with Crippen molar-refractivity contribution in [1.29, 1.82) is 0 Å². The van der Waals surface area contributed by atoms with E-state index in [2.05, 4.69) is 10.6 Å². The maximum absolute atomic E-state index is 12.2. The molecular weight excluding hydrogens is 370 g/mol. The molecule has 0 heterocycles. The molecule has 0 saturated heterocycles. The van der Waals surface area contributed by atoms with Gasteiger partial charge >= 0.3 is 0 Å². The molecule has 0 radical (unpaired) electrons.